The average Bonchev–Trinajstić information content (AvgIpc) is 2.64. The van der Waals surface area contributed by atoms with E-state index in [1.165, 1.54) is 0 Å². The Hall–Kier alpha value is -3.35. The van der Waals surface area contributed by atoms with Gasteiger partial charge in [-0.15, -0.1) is 0 Å². The van der Waals surface area contributed by atoms with E-state index in [4.69, 9.17) is 4.74 Å². The van der Waals surface area contributed by atoms with E-state index in [0.717, 1.165) is 11.1 Å². The van der Waals surface area contributed by atoms with Crippen LogP contribution in [0.2, 0.25) is 0 Å². The lowest BCUT2D eigenvalue weighted by molar-refractivity contribution is 0.0561. The third-order valence-corrected chi connectivity index (χ3v) is 3.41. The van der Waals surface area contributed by atoms with Crippen molar-refractivity contribution in [1.29, 1.82) is 0 Å². The maximum atomic E-state index is 12.2. The van der Waals surface area contributed by atoms with Gasteiger partial charge in [-0.25, -0.2) is 14.6 Å². The molecule has 0 aliphatic rings. The molecule has 0 aliphatic heterocycles. The van der Waals surface area contributed by atoms with Crippen molar-refractivity contribution in [3.05, 3.63) is 71.8 Å². The molecule has 0 aliphatic carbocycles. The van der Waals surface area contributed by atoms with Crippen LogP contribution in [-0.2, 0) is 17.8 Å². The SMILES string of the molecule is CC(C)(C)OC(=O)NC(=NCc1ccccc1)NC(=O)NCc1ccccc1. The van der Waals surface area contributed by atoms with Gasteiger partial charge in [-0.3, -0.25) is 10.6 Å². The maximum absolute atomic E-state index is 12.2. The molecule has 0 spiro atoms. The molecule has 0 radical (unpaired) electrons. The van der Waals surface area contributed by atoms with Gasteiger partial charge in [0, 0.05) is 6.54 Å². The van der Waals surface area contributed by atoms with Gasteiger partial charge in [0.2, 0.25) is 5.96 Å². The van der Waals surface area contributed by atoms with E-state index in [-0.39, 0.29) is 5.96 Å². The predicted molar refractivity (Wildman–Crippen MR) is 109 cm³/mol. The number of amides is 3. The van der Waals surface area contributed by atoms with Crippen molar-refractivity contribution >= 4 is 18.1 Å². The van der Waals surface area contributed by atoms with E-state index in [1.807, 2.05) is 60.7 Å². The number of guanidine groups is 1. The van der Waals surface area contributed by atoms with Crippen molar-refractivity contribution in [1.82, 2.24) is 16.0 Å². The Morgan fingerprint density at radius 3 is 2.04 bits per heavy atom. The Bertz CT molecular complexity index is 799. The molecule has 0 bridgehead atoms. The number of nitrogens with zero attached hydrogens (tertiary/aromatic N) is 1. The van der Waals surface area contributed by atoms with Crippen LogP contribution in [0.4, 0.5) is 9.59 Å². The first-order valence-electron chi connectivity index (χ1n) is 8.99. The average molecular weight is 382 g/mol. The Balaban J connectivity index is 1.99. The molecular formula is C21H26N4O3. The van der Waals surface area contributed by atoms with Gasteiger partial charge in [0.1, 0.15) is 5.60 Å². The Kier molecular flexibility index (Phi) is 7.56. The summed E-state index contributed by atoms with van der Waals surface area (Å²) in [7, 11) is 0. The van der Waals surface area contributed by atoms with Crippen molar-refractivity contribution < 1.29 is 14.3 Å². The first-order valence-corrected chi connectivity index (χ1v) is 8.99. The zero-order valence-electron chi connectivity index (χ0n) is 16.4. The largest absolute Gasteiger partial charge is 0.444 e. The summed E-state index contributed by atoms with van der Waals surface area (Å²) in [4.78, 5) is 28.6. The fourth-order valence-electron chi connectivity index (χ4n) is 2.19. The standard InChI is InChI=1S/C21H26N4O3/c1-21(2,3)28-20(27)25-18(22-14-16-10-6-4-7-11-16)24-19(26)23-15-17-12-8-5-9-13-17/h4-13H,14-15H2,1-3H3,(H3,22,23,24,25,26,27). The summed E-state index contributed by atoms with van der Waals surface area (Å²) in [5, 5.41) is 7.78. The highest BCUT2D eigenvalue weighted by atomic mass is 16.6. The minimum absolute atomic E-state index is 0.0173. The number of hydrogen-bond donors (Lipinski definition) is 3. The molecular weight excluding hydrogens is 356 g/mol. The van der Waals surface area contributed by atoms with Gasteiger partial charge in [0.05, 0.1) is 6.54 Å². The number of nitrogens with one attached hydrogen (secondary N) is 3. The number of rotatable bonds is 4. The lowest BCUT2D eigenvalue weighted by Crippen LogP contribution is -2.48. The Morgan fingerprint density at radius 1 is 0.893 bits per heavy atom. The molecule has 0 fully saturated rings. The summed E-state index contributed by atoms with van der Waals surface area (Å²) in [5.74, 6) is 0.0173. The van der Waals surface area contributed by atoms with Crippen LogP contribution >= 0.6 is 0 Å². The van der Waals surface area contributed by atoms with Gasteiger partial charge in [-0.2, -0.15) is 0 Å². The van der Waals surface area contributed by atoms with Gasteiger partial charge in [-0.05, 0) is 31.9 Å². The molecule has 0 heterocycles. The highest BCUT2D eigenvalue weighted by Crippen LogP contribution is 2.06. The van der Waals surface area contributed by atoms with Crippen LogP contribution in [0.15, 0.2) is 65.7 Å². The molecule has 2 aromatic carbocycles. The van der Waals surface area contributed by atoms with E-state index in [1.54, 1.807) is 20.8 Å². The Morgan fingerprint density at radius 2 is 1.46 bits per heavy atom. The van der Waals surface area contributed by atoms with Crippen LogP contribution in [0.3, 0.4) is 0 Å². The van der Waals surface area contributed by atoms with Crippen LogP contribution in [0.25, 0.3) is 0 Å². The van der Waals surface area contributed by atoms with Crippen molar-refractivity contribution in [3.63, 3.8) is 0 Å². The summed E-state index contributed by atoms with van der Waals surface area (Å²) in [6.07, 6.45) is -0.692. The summed E-state index contributed by atoms with van der Waals surface area (Å²) < 4.78 is 5.23. The number of hydrogen-bond acceptors (Lipinski definition) is 4. The van der Waals surface area contributed by atoms with Crippen LogP contribution in [-0.4, -0.2) is 23.7 Å². The molecule has 28 heavy (non-hydrogen) atoms. The summed E-state index contributed by atoms with van der Waals surface area (Å²) in [6.45, 7) is 5.92. The highest BCUT2D eigenvalue weighted by molar-refractivity contribution is 6.02. The molecule has 3 amide bonds. The van der Waals surface area contributed by atoms with Crippen molar-refractivity contribution in [2.75, 3.05) is 0 Å². The smallest absolute Gasteiger partial charge is 0.414 e. The number of carbonyl (C=O) groups is 2. The fraction of sp³-hybridized carbons (Fsp3) is 0.286. The predicted octanol–water partition coefficient (Wildman–Crippen LogP) is 3.57. The molecule has 7 heteroatoms. The number of urea groups is 1. The summed E-state index contributed by atoms with van der Waals surface area (Å²) >= 11 is 0. The van der Waals surface area contributed by atoms with Crippen LogP contribution < -0.4 is 16.0 Å². The molecule has 3 N–H and O–H groups in total. The third-order valence-electron chi connectivity index (χ3n) is 3.41. The second-order valence-corrected chi connectivity index (χ2v) is 7.07. The minimum Gasteiger partial charge on any atom is -0.444 e. The normalized spacial score (nSPS) is 11.5. The van der Waals surface area contributed by atoms with E-state index in [0.29, 0.717) is 13.1 Å². The number of carbonyl (C=O) groups excluding carboxylic acids is 2. The third kappa shape index (κ3) is 8.35. The first kappa shape index (κ1) is 21.0. The quantitative estimate of drug-likeness (QED) is 0.558. The molecule has 0 saturated heterocycles. The highest BCUT2D eigenvalue weighted by Gasteiger charge is 2.18. The number of ether oxygens (including phenoxy) is 1. The first-order chi connectivity index (χ1) is 13.3. The Labute approximate surface area is 165 Å². The zero-order valence-corrected chi connectivity index (χ0v) is 16.4. The maximum Gasteiger partial charge on any atom is 0.414 e. The van der Waals surface area contributed by atoms with Crippen LogP contribution in [0, 0.1) is 0 Å². The van der Waals surface area contributed by atoms with Crippen molar-refractivity contribution in [2.24, 2.45) is 4.99 Å². The van der Waals surface area contributed by atoms with Gasteiger partial charge in [-0.1, -0.05) is 60.7 Å². The van der Waals surface area contributed by atoms with Crippen molar-refractivity contribution in [2.45, 2.75) is 39.5 Å². The summed E-state index contributed by atoms with van der Waals surface area (Å²) in [6, 6.07) is 18.5. The van der Waals surface area contributed by atoms with E-state index in [9.17, 15) is 9.59 Å². The molecule has 0 saturated carbocycles. The van der Waals surface area contributed by atoms with E-state index >= 15 is 0 Å². The summed E-state index contributed by atoms with van der Waals surface area (Å²) in [5.41, 5.74) is 1.24. The minimum atomic E-state index is -0.692. The van der Waals surface area contributed by atoms with E-state index in [2.05, 4.69) is 20.9 Å². The number of aliphatic imine (C=N–C) groups is 1. The van der Waals surface area contributed by atoms with Gasteiger partial charge < -0.3 is 10.1 Å². The lowest BCUT2D eigenvalue weighted by atomic mass is 10.2. The molecule has 2 rings (SSSR count). The monoisotopic (exact) mass is 382 g/mol. The van der Waals surface area contributed by atoms with Crippen LogP contribution in [0.5, 0.6) is 0 Å². The lowest BCUT2D eigenvalue weighted by Gasteiger charge is -2.20. The van der Waals surface area contributed by atoms with Gasteiger partial charge in [0.15, 0.2) is 0 Å². The fourth-order valence-corrected chi connectivity index (χ4v) is 2.19. The molecule has 0 aromatic heterocycles. The molecule has 0 unspecified atom stereocenters. The number of benzene rings is 2. The second-order valence-electron chi connectivity index (χ2n) is 7.07. The topological polar surface area (TPSA) is 91.8 Å². The molecule has 0 atom stereocenters. The molecule has 148 valence electrons. The number of alkyl carbamates (subject to hydrolysis) is 1. The molecule has 7 nitrogen and oxygen atoms in total. The van der Waals surface area contributed by atoms with Gasteiger partial charge >= 0.3 is 12.1 Å². The molecule has 2 aromatic rings. The van der Waals surface area contributed by atoms with Crippen LogP contribution in [0.1, 0.15) is 31.9 Å². The van der Waals surface area contributed by atoms with Gasteiger partial charge in [0.25, 0.3) is 0 Å². The van der Waals surface area contributed by atoms with E-state index < -0.39 is 17.7 Å². The zero-order chi connectivity index (χ0) is 20.4. The van der Waals surface area contributed by atoms with Crippen molar-refractivity contribution in [3.8, 4) is 0 Å². The second kappa shape index (κ2) is 10.1.